The number of hydrogen-bond donors (Lipinski definition) is 0. The number of rotatable bonds is 2. The van der Waals surface area contributed by atoms with E-state index in [4.69, 9.17) is 0 Å². The maximum Gasteiger partial charge on any atom is 2.00 e. The van der Waals surface area contributed by atoms with E-state index in [0.29, 0.717) is 0 Å². The van der Waals surface area contributed by atoms with Crippen molar-refractivity contribution in [1.29, 1.82) is 0 Å². The van der Waals surface area contributed by atoms with Gasteiger partial charge in [-0.05, 0) is 5.92 Å². The van der Waals surface area contributed by atoms with Crippen LogP contribution in [-0.4, -0.2) is 23.1 Å². The minimum atomic E-state index is 0. The average Bonchev–Trinajstić information content (AvgIpc) is 1.67. The first kappa shape index (κ1) is 17.0. The maximum atomic E-state index is 3.73. The standard InChI is InChI=1S/C6H13.C3H7.Mg/c1-4-5-6(2)3;1-3-2;/h6H,1,4-5H2,2-3H3;1,3H2,2H3;/q2*-1;+2. The molecule has 0 fully saturated rings. The molecule has 0 nitrogen and oxygen atoms in total. The molecule has 10 heavy (non-hydrogen) atoms. The van der Waals surface area contributed by atoms with Crippen LogP contribution in [0.3, 0.4) is 0 Å². The molecule has 0 saturated carbocycles. The van der Waals surface area contributed by atoms with Crippen molar-refractivity contribution in [2.45, 2.75) is 40.0 Å². The Morgan fingerprint density at radius 3 is 1.50 bits per heavy atom. The summed E-state index contributed by atoms with van der Waals surface area (Å²) < 4.78 is 0. The fourth-order valence-corrected chi connectivity index (χ4v) is 0.408. The van der Waals surface area contributed by atoms with Crippen LogP contribution in [0.5, 0.6) is 0 Å². The predicted octanol–water partition coefficient (Wildman–Crippen LogP) is 3.11. The van der Waals surface area contributed by atoms with E-state index in [1.807, 2.05) is 6.92 Å². The van der Waals surface area contributed by atoms with Crippen LogP contribution in [0.25, 0.3) is 0 Å². The second kappa shape index (κ2) is 16.4. The number of hydrogen-bond acceptors (Lipinski definition) is 0. The Kier molecular flexibility index (Phi) is 27.9. The molecular weight excluding hydrogens is 132 g/mol. The van der Waals surface area contributed by atoms with Crippen molar-refractivity contribution in [1.82, 2.24) is 0 Å². The topological polar surface area (TPSA) is 0 Å². The zero-order valence-corrected chi connectivity index (χ0v) is 9.23. The quantitative estimate of drug-likeness (QED) is 0.421. The summed E-state index contributed by atoms with van der Waals surface area (Å²) in [5, 5.41) is 0. The van der Waals surface area contributed by atoms with Gasteiger partial charge in [-0.15, -0.1) is 0 Å². The fraction of sp³-hybridized carbons (Fsp3) is 0.778. The molecule has 0 aliphatic rings. The minimum absolute atomic E-state index is 0. The second-order valence-corrected chi connectivity index (χ2v) is 2.54. The Morgan fingerprint density at radius 1 is 1.20 bits per heavy atom. The van der Waals surface area contributed by atoms with Crippen molar-refractivity contribution in [2.24, 2.45) is 5.92 Å². The van der Waals surface area contributed by atoms with Gasteiger partial charge < -0.3 is 13.8 Å². The van der Waals surface area contributed by atoms with Crippen LogP contribution in [0.15, 0.2) is 0 Å². The molecule has 0 aromatic carbocycles. The Hall–Kier alpha value is 0.766. The summed E-state index contributed by atoms with van der Waals surface area (Å²) in [7, 11) is 0. The Morgan fingerprint density at radius 2 is 1.50 bits per heavy atom. The second-order valence-electron chi connectivity index (χ2n) is 2.54. The van der Waals surface area contributed by atoms with Gasteiger partial charge in [-0.2, -0.15) is 12.8 Å². The van der Waals surface area contributed by atoms with E-state index in [1.165, 1.54) is 6.42 Å². The fourth-order valence-electron chi connectivity index (χ4n) is 0.408. The van der Waals surface area contributed by atoms with E-state index in [9.17, 15) is 0 Å². The Bertz CT molecular complexity index is 33.7. The van der Waals surface area contributed by atoms with Crippen LogP contribution in [0, 0.1) is 19.8 Å². The molecule has 0 amide bonds. The third-order valence-electron chi connectivity index (χ3n) is 0.781. The minimum Gasteiger partial charge on any atom is -0.344 e. The molecule has 0 radical (unpaired) electrons. The first-order valence-corrected chi connectivity index (χ1v) is 3.77. The summed E-state index contributed by atoms with van der Waals surface area (Å²) in [6.45, 7) is 13.7. The van der Waals surface area contributed by atoms with E-state index in [2.05, 4.69) is 27.7 Å². The van der Waals surface area contributed by atoms with E-state index in [0.717, 1.165) is 18.8 Å². The third-order valence-corrected chi connectivity index (χ3v) is 0.781. The molecule has 0 rings (SSSR count). The van der Waals surface area contributed by atoms with E-state index in [-0.39, 0.29) is 23.1 Å². The molecule has 1 heteroatoms. The van der Waals surface area contributed by atoms with Crippen molar-refractivity contribution in [3.8, 4) is 0 Å². The van der Waals surface area contributed by atoms with Crippen LogP contribution in [0.2, 0.25) is 0 Å². The van der Waals surface area contributed by atoms with Crippen molar-refractivity contribution < 1.29 is 0 Å². The van der Waals surface area contributed by atoms with Gasteiger partial charge in [0.25, 0.3) is 0 Å². The molecular formula is C9H20Mg. The first-order chi connectivity index (χ1) is 4.18. The van der Waals surface area contributed by atoms with Gasteiger partial charge in [-0.1, -0.05) is 27.2 Å². The molecule has 0 spiro atoms. The van der Waals surface area contributed by atoms with Crippen molar-refractivity contribution in [2.75, 3.05) is 0 Å². The predicted molar refractivity (Wildman–Crippen MR) is 50.8 cm³/mol. The van der Waals surface area contributed by atoms with Gasteiger partial charge >= 0.3 is 23.1 Å². The summed E-state index contributed by atoms with van der Waals surface area (Å²) >= 11 is 0. The van der Waals surface area contributed by atoms with Gasteiger partial charge in [0, 0.05) is 0 Å². The van der Waals surface area contributed by atoms with Gasteiger partial charge in [-0.25, -0.2) is 0 Å². The van der Waals surface area contributed by atoms with Crippen LogP contribution in [0.4, 0.5) is 0 Å². The zero-order chi connectivity index (χ0) is 7.70. The summed E-state index contributed by atoms with van der Waals surface area (Å²) in [6, 6.07) is 0. The molecule has 0 N–H and O–H groups in total. The Labute approximate surface area is 82.9 Å². The van der Waals surface area contributed by atoms with Gasteiger partial charge in [0.05, 0.1) is 0 Å². The van der Waals surface area contributed by atoms with Crippen LogP contribution >= 0.6 is 0 Å². The molecule has 0 aromatic rings. The molecule has 0 atom stereocenters. The smallest absolute Gasteiger partial charge is 0.344 e. The molecule has 0 aromatic heterocycles. The van der Waals surface area contributed by atoms with Crippen LogP contribution < -0.4 is 0 Å². The first-order valence-electron chi connectivity index (χ1n) is 3.77. The van der Waals surface area contributed by atoms with Gasteiger partial charge in [0.1, 0.15) is 0 Å². The summed E-state index contributed by atoms with van der Waals surface area (Å²) in [4.78, 5) is 0. The van der Waals surface area contributed by atoms with Gasteiger partial charge in [0.15, 0.2) is 0 Å². The molecule has 0 aliphatic heterocycles. The van der Waals surface area contributed by atoms with Crippen molar-refractivity contribution >= 4 is 23.1 Å². The van der Waals surface area contributed by atoms with Crippen molar-refractivity contribution in [3.63, 3.8) is 0 Å². The molecule has 58 valence electrons. The van der Waals surface area contributed by atoms with E-state index in [1.54, 1.807) is 0 Å². The third kappa shape index (κ3) is 37.3. The maximum absolute atomic E-state index is 3.73. The summed E-state index contributed by atoms with van der Waals surface area (Å²) in [5.74, 6) is 0.836. The summed E-state index contributed by atoms with van der Waals surface area (Å²) in [5.41, 5.74) is 0. The molecule has 0 heterocycles. The van der Waals surface area contributed by atoms with E-state index < -0.39 is 0 Å². The molecule has 0 aliphatic carbocycles. The van der Waals surface area contributed by atoms with Gasteiger partial charge in [-0.3, -0.25) is 0 Å². The van der Waals surface area contributed by atoms with Crippen molar-refractivity contribution in [3.05, 3.63) is 13.8 Å². The van der Waals surface area contributed by atoms with Crippen LogP contribution in [-0.2, 0) is 0 Å². The van der Waals surface area contributed by atoms with Gasteiger partial charge in [0.2, 0.25) is 0 Å². The summed E-state index contributed by atoms with van der Waals surface area (Å²) in [6.07, 6.45) is 3.34. The largest absolute Gasteiger partial charge is 2.00 e. The van der Waals surface area contributed by atoms with Crippen LogP contribution in [0.1, 0.15) is 40.0 Å². The average molecular weight is 153 g/mol. The molecule has 0 unspecified atom stereocenters. The SMILES string of the molecule is [CH2-]CC.[CH2-]CCC(C)C.[Mg+2]. The monoisotopic (exact) mass is 152 g/mol. The van der Waals surface area contributed by atoms with E-state index >= 15 is 0 Å². The molecule has 0 bridgehead atoms. The Balaban J connectivity index is -0.000000107. The zero-order valence-electron chi connectivity index (χ0n) is 7.82. The normalized spacial score (nSPS) is 7.80. The molecule has 0 saturated heterocycles.